The number of nitrogens with two attached hydrogens (primary N) is 1. The first-order valence-electron chi connectivity index (χ1n) is 6.13. The highest BCUT2D eigenvalue weighted by Crippen LogP contribution is 2.18. The van der Waals surface area contributed by atoms with Crippen LogP contribution in [0.25, 0.3) is 0 Å². The zero-order valence-corrected chi connectivity index (χ0v) is 12.5. The van der Waals surface area contributed by atoms with Crippen molar-refractivity contribution in [3.8, 4) is 0 Å². The van der Waals surface area contributed by atoms with Crippen molar-refractivity contribution in [2.24, 2.45) is 5.73 Å². The standard InChI is InChI=1S/C12H16FN3O5S/c1-22(20,21)7-2-3-9(8(13)6-7)15-16-10(12(18)19)4-5-11(14)17/h2-3,6,10,15-16H,4-5H2,1H3,(H2,14,17)(H,18,19)/t10-/m1/s1. The number of hydrogen-bond acceptors (Lipinski definition) is 6. The Kier molecular flexibility index (Phi) is 5.83. The van der Waals surface area contributed by atoms with Crippen molar-refractivity contribution in [1.29, 1.82) is 0 Å². The Hall–Kier alpha value is -2.20. The first kappa shape index (κ1) is 17.9. The minimum absolute atomic E-state index is 0.0826. The monoisotopic (exact) mass is 333 g/mol. The van der Waals surface area contributed by atoms with Gasteiger partial charge in [0.1, 0.15) is 11.9 Å². The highest BCUT2D eigenvalue weighted by Gasteiger charge is 2.18. The number of carboxylic acids is 1. The van der Waals surface area contributed by atoms with Gasteiger partial charge in [0, 0.05) is 12.7 Å². The van der Waals surface area contributed by atoms with E-state index in [-0.39, 0.29) is 23.4 Å². The van der Waals surface area contributed by atoms with Gasteiger partial charge in [0.25, 0.3) is 0 Å². The van der Waals surface area contributed by atoms with E-state index in [9.17, 15) is 22.4 Å². The maximum absolute atomic E-state index is 13.8. The number of hydrogen-bond donors (Lipinski definition) is 4. The highest BCUT2D eigenvalue weighted by atomic mass is 32.2. The summed E-state index contributed by atoms with van der Waals surface area (Å²) in [7, 11) is -3.54. The summed E-state index contributed by atoms with van der Waals surface area (Å²) in [6.07, 6.45) is 0.708. The van der Waals surface area contributed by atoms with Crippen molar-refractivity contribution >= 4 is 27.4 Å². The number of anilines is 1. The van der Waals surface area contributed by atoms with Gasteiger partial charge < -0.3 is 16.3 Å². The van der Waals surface area contributed by atoms with E-state index in [2.05, 4.69) is 10.9 Å². The molecule has 0 aliphatic carbocycles. The first-order chi connectivity index (χ1) is 10.1. The fourth-order valence-electron chi connectivity index (χ4n) is 1.54. The van der Waals surface area contributed by atoms with E-state index in [4.69, 9.17) is 10.8 Å². The molecule has 5 N–H and O–H groups in total. The van der Waals surface area contributed by atoms with E-state index in [1.807, 2.05) is 0 Å². The summed E-state index contributed by atoms with van der Waals surface area (Å²) in [6.45, 7) is 0. The smallest absolute Gasteiger partial charge is 0.322 e. The number of halogens is 1. The third-order valence-electron chi connectivity index (χ3n) is 2.73. The Morgan fingerprint density at radius 1 is 1.41 bits per heavy atom. The number of rotatable bonds is 8. The molecule has 8 nitrogen and oxygen atoms in total. The van der Waals surface area contributed by atoms with Gasteiger partial charge >= 0.3 is 5.97 Å². The summed E-state index contributed by atoms with van der Waals surface area (Å²) in [4.78, 5) is 21.4. The van der Waals surface area contributed by atoms with Gasteiger partial charge in [0.2, 0.25) is 5.91 Å². The molecule has 10 heteroatoms. The summed E-state index contributed by atoms with van der Waals surface area (Å²) >= 11 is 0. The number of nitrogens with one attached hydrogen (secondary N) is 2. The third kappa shape index (κ3) is 5.30. The fraction of sp³-hybridized carbons (Fsp3) is 0.333. The number of carboxylic acid groups (broad SMARTS) is 1. The van der Waals surface area contributed by atoms with Gasteiger partial charge in [-0.2, -0.15) is 0 Å². The number of benzene rings is 1. The molecule has 0 radical (unpaired) electrons. The average Bonchev–Trinajstić information content (AvgIpc) is 2.38. The molecule has 22 heavy (non-hydrogen) atoms. The van der Waals surface area contributed by atoms with Crippen LogP contribution >= 0.6 is 0 Å². The molecule has 0 aliphatic heterocycles. The van der Waals surface area contributed by atoms with Gasteiger partial charge in [0.15, 0.2) is 9.84 Å². The molecule has 0 fully saturated rings. The number of amides is 1. The average molecular weight is 333 g/mol. The molecule has 0 spiro atoms. The Morgan fingerprint density at radius 2 is 2.05 bits per heavy atom. The van der Waals surface area contributed by atoms with Gasteiger partial charge in [-0.15, -0.1) is 0 Å². The van der Waals surface area contributed by atoms with Gasteiger partial charge in [-0.25, -0.2) is 18.2 Å². The molecule has 0 unspecified atom stereocenters. The molecular formula is C12H16FN3O5S. The molecule has 0 aromatic heterocycles. The second kappa shape index (κ2) is 7.18. The minimum atomic E-state index is -3.54. The quantitative estimate of drug-likeness (QED) is 0.486. The Balaban J connectivity index is 2.77. The summed E-state index contributed by atoms with van der Waals surface area (Å²) in [6, 6.07) is 1.99. The highest BCUT2D eigenvalue weighted by molar-refractivity contribution is 7.90. The maximum Gasteiger partial charge on any atom is 0.322 e. The third-order valence-corrected chi connectivity index (χ3v) is 3.84. The number of sulfone groups is 1. The molecule has 0 saturated carbocycles. The van der Waals surface area contributed by atoms with Crippen LogP contribution in [0.15, 0.2) is 23.1 Å². The normalized spacial score (nSPS) is 12.6. The van der Waals surface area contributed by atoms with E-state index < -0.39 is 33.6 Å². The molecule has 1 aromatic rings. The second-order valence-corrected chi connectivity index (χ2v) is 6.59. The molecule has 1 aromatic carbocycles. The van der Waals surface area contributed by atoms with Crippen LogP contribution < -0.4 is 16.6 Å². The maximum atomic E-state index is 13.8. The molecule has 0 aliphatic rings. The zero-order valence-electron chi connectivity index (χ0n) is 11.7. The number of primary amides is 1. The number of carbonyl (C=O) groups excluding carboxylic acids is 1. The van der Waals surface area contributed by atoms with E-state index in [0.29, 0.717) is 0 Å². The van der Waals surface area contributed by atoms with Crippen LogP contribution in [0.5, 0.6) is 0 Å². The predicted molar refractivity (Wildman–Crippen MR) is 76.1 cm³/mol. The topological polar surface area (TPSA) is 139 Å². The van der Waals surface area contributed by atoms with Crippen LogP contribution in [0.4, 0.5) is 10.1 Å². The SMILES string of the molecule is CS(=O)(=O)c1ccc(NN[C@H](CCC(N)=O)C(=O)O)c(F)c1. The van der Waals surface area contributed by atoms with Crippen molar-refractivity contribution in [2.45, 2.75) is 23.8 Å². The number of hydrazine groups is 1. The number of aliphatic carboxylic acids is 1. The first-order valence-corrected chi connectivity index (χ1v) is 8.02. The lowest BCUT2D eigenvalue weighted by molar-refractivity contribution is -0.139. The number of carbonyl (C=O) groups is 2. The fourth-order valence-corrected chi connectivity index (χ4v) is 2.17. The summed E-state index contributed by atoms with van der Waals surface area (Å²) < 4.78 is 36.3. The Bertz CT molecular complexity index is 677. The van der Waals surface area contributed by atoms with E-state index >= 15 is 0 Å². The molecule has 0 bridgehead atoms. The van der Waals surface area contributed by atoms with Crippen LogP contribution in [-0.4, -0.2) is 37.7 Å². The van der Waals surface area contributed by atoms with Crippen molar-refractivity contribution in [1.82, 2.24) is 5.43 Å². The second-order valence-electron chi connectivity index (χ2n) is 4.58. The Morgan fingerprint density at radius 3 is 2.50 bits per heavy atom. The van der Waals surface area contributed by atoms with E-state index in [1.165, 1.54) is 6.07 Å². The summed E-state index contributed by atoms with van der Waals surface area (Å²) in [5.74, 6) is -2.77. The van der Waals surface area contributed by atoms with Crippen molar-refractivity contribution in [3.05, 3.63) is 24.0 Å². The summed E-state index contributed by atoms with van der Waals surface area (Å²) in [5.41, 5.74) is 9.49. The molecule has 1 atom stereocenters. The lowest BCUT2D eigenvalue weighted by Gasteiger charge is -2.16. The lowest BCUT2D eigenvalue weighted by atomic mass is 10.1. The van der Waals surface area contributed by atoms with Crippen molar-refractivity contribution in [3.63, 3.8) is 0 Å². The predicted octanol–water partition coefficient (Wildman–Crippen LogP) is -0.136. The minimum Gasteiger partial charge on any atom is -0.480 e. The van der Waals surface area contributed by atoms with Crippen LogP contribution in [0, 0.1) is 5.82 Å². The van der Waals surface area contributed by atoms with Crippen molar-refractivity contribution in [2.75, 3.05) is 11.7 Å². The zero-order chi connectivity index (χ0) is 16.9. The van der Waals surface area contributed by atoms with Crippen LogP contribution in [-0.2, 0) is 19.4 Å². The lowest BCUT2D eigenvalue weighted by Crippen LogP contribution is -2.41. The van der Waals surface area contributed by atoms with Gasteiger partial charge in [-0.3, -0.25) is 9.59 Å². The Labute approximate surface area is 126 Å². The van der Waals surface area contributed by atoms with E-state index in [0.717, 1.165) is 18.4 Å². The van der Waals surface area contributed by atoms with Crippen LogP contribution in [0.1, 0.15) is 12.8 Å². The van der Waals surface area contributed by atoms with Crippen LogP contribution in [0.2, 0.25) is 0 Å². The van der Waals surface area contributed by atoms with Crippen molar-refractivity contribution < 1.29 is 27.5 Å². The molecule has 1 amide bonds. The molecule has 0 heterocycles. The molecule has 122 valence electrons. The molecular weight excluding hydrogens is 317 g/mol. The van der Waals surface area contributed by atoms with Gasteiger partial charge in [-0.1, -0.05) is 0 Å². The van der Waals surface area contributed by atoms with Gasteiger partial charge in [0.05, 0.1) is 10.6 Å². The summed E-state index contributed by atoms with van der Waals surface area (Å²) in [5, 5.41) is 8.96. The van der Waals surface area contributed by atoms with Crippen LogP contribution in [0.3, 0.4) is 0 Å². The van der Waals surface area contributed by atoms with Gasteiger partial charge in [-0.05, 0) is 24.6 Å². The molecule has 0 saturated heterocycles. The largest absolute Gasteiger partial charge is 0.480 e. The van der Waals surface area contributed by atoms with E-state index in [1.54, 1.807) is 0 Å². The molecule has 1 rings (SSSR count).